The van der Waals surface area contributed by atoms with Crippen molar-refractivity contribution >= 4 is 22.4 Å². The number of nitrogens with one attached hydrogen (secondary N) is 1. The zero-order valence-electron chi connectivity index (χ0n) is 17.6. The summed E-state index contributed by atoms with van der Waals surface area (Å²) in [4.78, 5) is 12.4. The van der Waals surface area contributed by atoms with Crippen LogP contribution in [0.15, 0.2) is 47.1 Å². The van der Waals surface area contributed by atoms with Crippen LogP contribution in [0, 0.1) is 13.8 Å². The van der Waals surface area contributed by atoms with E-state index in [0.29, 0.717) is 6.54 Å². The maximum Gasteiger partial charge on any atom is 0.244 e. The molecule has 0 aliphatic rings. The monoisotopic (exact) mass is 393 g/mol. The van der Waals surface area contributed by atoms with E-state index in [-0.39, 0.29) is 5.91 Å². The number of benzene rings is 2. The molecule has 3 rings (SSSR count). The predicted molar refractivity (Wildman–Crippen MR) is 116 cm³/mol. The van der Waals surface area contributed by atoms with Crippen molar-refractivity contribution < 1.29 is 18.7 Å². The maximum atomic E-state index is 12.4. The summed E-state index contributed by atoms with van der Waals surface area (Å²) in [5.74, 6) is 1.41. The molecule has 5 heteroatoms. The number of fused-ring (bicyclic) bond motifs is 1. The second-order valence-corrected chi connectivity index (χ2v) is 7.10. The fraction of sp³-hybridized carbons (Fsp3) is 0.292. The van der Waals surface area contributed by atoms with E-state index in [1.165, 1.54) is 0 Å². The Hall–Kier alpha value is -3.21. The van der Waals surface area contributed by atoms with Gasteiger partial charge in [0, 0.05) is 29.1 Å². The Labute approximate surface area is 171 Å². The molecule has 1 amide bonds. The first-order chi connectivity index (χ1) is 13.9. The van der Waals surface area contributed by atoms with Gasteiger partial charge >= 0.3 is 0 Å². The molecule has 0 aliphatic heterocycles. The largest absolute Gasteiger partial charge is 0.497 e. The molecule has 0 atom stereocenters. The van der Waals surface area contributed by atoms with Crippen molar-refractivity contribution in [2.45, 2.75) is 27.2 Å². The van der Waals surface area contributed by atoms with Crippen LogP contribution in [0.5, 0.6) is 11.5 Å². The summed E-state index contributed by atoms with van der Waals surface area (Å²) in [6.45, 7) is 6.44. The number of carbonyl (C=O) groups is 1. The van der Waals surface area contributed by atoms with Gasteiger partial charge in [-0.3, -0.25) is 4.79 Å². The van der Waals surface area contributed by atoms with Crippen LogP contribution in [-0.4, -0.2) is 26.7 Å². The molecular weight excluding hydrogens is 366 g/mol. The van der Waals surface area contributed by atoms with Gasteiger partial charge in [0.05, 0.1) is 20.5 Å². The highest BCUT2D eigenvalue weighted by molar-refractivity contribution is 5.98. The van der Waals surface area contributed by atoms with E-state index in [1.807, 2.05) is 51.1 Å². The van der Waals surface area contributed by atoms with E-state index < -0.39 is 0 Å². The van der Waals surface area contributed by atoms with E-state index in [2.05, 4.69) is 5.32 Å². The molecule has 0 aliphatic carbocycles. The number of ether oxygens (including phenoxy) is 2. The van der Waals surface area contributed by atoms with Crippen LogP contribution in [0.3, 0.4) is 0 Å². The molecule has 1 aromatic heterocycles. The number of carbonyl (C=O) groups excluding carboxylic acids is 1. The second-order valence-electron chi connectivity index (χ2n) is 7.10. The first kappa shape index (κ1) is 20.5. The average Bonchev–Trinajstić information content (AvgIpc) is 3.09. The maximum absolute atomic E-state index is 12.4. The highest BCUT2D eigenvalue weighted by Gasteiger charge is 2.16. The molecule has 1 N–H and O–H groups in total. The molecule has 2 aromatic carbocycles. The molecule has 0 spiro atoms. The fourth-order valence-electron chi connectivity index (χ4n) is 3.48. The van der Waals surface area contributed by atoms with Crippen LogP contribution >= 0.6 is 0 Å². The zero-order valence-corrected chi connectivity index (χ0v) is 17.6. The molecule has 3 aromatic rings. The number of amides is 1. The minimum absolute atomic E-state index is 0.130. The first-order valence-corrected chi connectivity index (χ1v) is 9.59. The average molecular weight is 393 g/mol. The van der Waals surface area contributed by atoms with Crippen molar-refractivity contribution in [3.63, 3.8) is 0 Å². The molecule has 0 fully saturated rings. The minimum Gasteiger partial charge on any atom is -0.497 e. The standard InChI is InChI=1S/C24H27NO4/c1-15(11-22(26)25-10-9-18-7-6-8-19(12-18)27-4)20-13-21-16(2)14-29-24(21)17(3)23(20)28-5/h6-8,11-14H,9-10H2,1-5H3,(H,25,26)/b15-11+. The van der Waals surface area contributed by atoms with Crippen LogP contribution in [-0.2, 0) is 11.2 Å². The summed E-state index contributed by atoms with van der Waals surface area (Å²) in [6.07, 6.45) is 4.09. The van der Waals surface area contributed by atoms with E-state index in [0.717, 1.165) is 56.7 Å². The first-order valence-electron chi connectivity index (χ1n) is 9.59. The SMILES string of the molecule is COc1cccc(CCNC(=O)/C=C(\C)c2cc3c(C)coc3c(C)c2OC)c1. The number of rotatable bonds is 7. The Bertz CT molecular complexity index is 1060. The Kier molecular flexibility index (Phi) is 6.27. The lowest BCUT2D eigenvalue weighted by molar-refractivity contribution is -0.116. The normalized spacial score (nSPS) is 11.6. The zero-order chi connectivity index (χ0) is 21.0. The van der Waals surface area contributed by atoms with Crippen molar-refractivity contribution in [1.29, 1.82) is 0 Å². The quantitative estimate of drug-likeness (QED) is 0.584. The molecule has 29 heavy (non-hydrogen) atoms. The van der Waals surface area contributed by atoms with Crippen LogP contribution in [0.25, 0.3) is 16.5 Å². The van der Waals surface area contributed by atoms with Gasteiger partial charge in [-0.05, 0) is 62.1 Å². The molecule has 0 radical (unpaired) electrons. The third-order valence-electron chi connectivity index (χ3n) is 5.06. The van der Waals surface area contributed by atoms with Gasteiger partial charge in [0.1, 0.15) is 17.1 Å². The Morgan fingerprint density at radius 3 is 2.69 bits per heavy atom. The van der Waals surface area contributed by atoms with Crippen molar-refractivity contribution in [1.82, 2.24) is 5.32 Å². The highest BCUT2D eigenvalue weighted by atomic mass is 16.5. The van der Waals surface area contributed by atoms with Crippen LogP contribution in [0.2, 0.25) is 0 Å². The van der Waals surface area contributed by atoms with Crippen molar-refractivity contribution in [3.8, 4) is 11.5 Å². The summed E-state index contributed by atoms with van der Waals surface area (Å²) in [7, 11) is 3.28. The Morgan fingerprint density at radius 2 is 1.97 bits per heavy atom. The van der Waals surface area contributed by atoms with Gasteiger partial charge in [-0.2, -0.15) is 0 Å². The third kappa shape index (κ3) is 4.45. The van der Waals surface area contributed by atoms with Crippen molar-refractivity contribution in [2.75, 3.05) is 20.8 Å². The number of hydrogen-bond acceptors (Lipinski definition) is 4. The Balaban J connectivity index is 1.74. The fourth-order valence-corrected chi connectivity index (χ4v) is 3.48. The smallest absolute Gasteiger partial charge is 0.244 e. The van der Waals surface area contributed by atoms with E-state index in [4.69, 9.17) is 13.9 Å². The molecular formula is C24H27NO4. The topological polar surface area (TPSA) is 60.7 Å². The van der Waals surface area contributed by atoms with Gasteiger partial charge in [-0.1, -0.05) is 12.1 Å². The molecule has 0 bridgehead atoms. The number of furan rings is 1. The lowest BCUT2D eigenvalue weighted by Crippen LogP contribution is -2.23. The molecule has 0 unspecified atom stereocenters. The summed E-state index contributed by atoms with van der Waals surface area (Å²) in [5.41, 5.74) is 5.65. The van der Waals surface area contributed by atoms with E-state index in [9.17, 15) is 4.79 Å². The minimum atomic E-state index is -0.130. The number of methoxy groups -OCH3 is 2. The molecule has 0 saturated heterocycles. The van der Waals surface area contributed by atoms with Gasteiger partial charge in [-0.15, -0.1) is 0 Å². The Morgan fingerprint density at radius 1 is 1.17 bits per heavy atom. The van der Waals surface area contributed by atoms with Crippen LogP contribution in [0.4, 0.5) is 0 Å². The summed E-state index contributed by atoms with van der Waals surface area (Å²) < 4.78 is 16.5. The van der Waals surface area contributed by atoms with Gasteiger partial charge in [0.15, 0.2) is 0 Å². The van der Waals surface area contributed by atoms with Gasteiger partial charge in [0.25, 0.3) is 0 Å². The molecule has 0 saturated carbocycles. The summed E-state index contributed by atoms with van der Waals surface area (Å²) in [6, 6.07) is 9.87. The lowest BCUT2D eigenvalue weighted by Gasteiger charge is -2.13. The predicted octanol–water partition coefficient (Wildman–Crippen LogP) is 4.83. The van der Waals surface area contributed by atoms with Crippen LogP contribution < -0.4 is 14.8 Å². The van der Waals surface area contributed by atoms with Crippen LogP contribution in [0.1, 0.15) is 29.2 Å². The third-order valence-corrected chi connectivity index (χ3v) is 5.06. The molecule has 152 valence electrons. The highest BCUT2D eigenvalue weighted by Crippen LogP contribution is 2.37. The van der Waals surface area contributed by atoms with E-state index in [1.54, 1.807) is 26.6 Å². The second kappa shape index (κ2) is 8.86. The summed E-state index contributed by atoms with van der Waals surface area (Å²) in [5, 5.41) is 3.98. The van der Waals surface area contributed by atoms with Gasteiger partial charge < -0.3 is 19.2 Å². The summed E-state index contributed by atoms with van der Waals surface area (Å²) >= 11 is 0. The van der Waals surface area contributed by atoms with E-state index >= 15 is 0 Å². The molecule has 5 nitrogen and oxygen atoms in total. The number of hydrogen-bond donors (Lipinski definition) is 1. The molecule has 1 heterocycles. The van der Waals surface area contributed by atoms with Crippen molar-refractivity contribution in [2.24, 2.45) is 0 Å². The van der Waals surface area contributed by atoms with Gasteiger partial charge in [0.2, 0.25) is 5.91 Å². The lowest BCUT2D eigenvalue weighted by atomic mass is 9.98. The number of aryl methyl sites for hydroxylation is 2. The van der Waals surface area contributed by atoms with Gasteiger partial charge in [-0.25, -0.2) is 0 Å². The van der Waals surface area contributed by atoms with Crippen molar-refractivity contribution in [3.05, 3.63) is 64.9 Å². The number of allylic oxidation sites excluding steroid dienone is 1.